The molecule has 1 amide bonds. The highest BCUT2D eigenvalue weighted by Gasteiger charge is 2.32. The number of fused-ring (bicyclic) bond motifs is 1. The number of nitrogens with zero attached hydrogens (tertiary/aromatic N) is 1. The first-order chi connectivity index (χ1) is 9.27. The molecule has 0 spiro atoms. The summed E-state index contributed by atoms with van der Waals surface area (Å²) in [6.45, 7) is 1.90. The number of aryl methyl sites for hydroxylation is 1. The molecule has 0 bridgehead atoms. The van der Waals surface area contributed by atoms with Gasteiger partial charge in [-0.1, -0.05) is 24.3 Å². The van der Waals surface area contributed by atoms with E-state index in [-0.39, 0.29) is 12.0 Å². The normalized spacial score (nSPS) is 25.9. The molecule has 1 aliphatic carbocycles. The molecule has 1 saturated heterocycles. The maximum absolute atomic E-state index is 12.6. The summed E-state index contributed by atoms with van der Waals surface area (Å²) in [6, 6.07) is 8.82. The fraction of sp³-hybridized carbons (Fsp3) is 0.562. The van der Waals surface area contributed by atoms with Gasteiger partial charge < -0.3 is 10.2 Å². The van der Waals surface area contributed by atoms with Crippen molar-refractivity contribution >= 4 is 5.91 Å². The van der Waals surface area contributed by atoms with E-state index in [4.69, 9.17) is 0 Å². The van der Waals surface area contributed by atoms with E-state index in [0.29, 0.717) is 5.91 Å². The molecule has 19 heavy (non-hydrogen) atoms. The van der Waals surface area contributed by atoms with Crippen LogP contribution in [-0.4, -0.2) is 30.9 Å². The Hall–Kier alpha value is -1.35. The van der Waals surface area contributed by atoms with Crippen molar-refractivity contribution in [2.24, 2.45) is 5.92 Å². The first-order valence-electron chi connectivity index (χ1n) is 7.32. The predicted octanol–water partition coefficient (Wildman–Crippen LogP) is 2.13. The van der Waals surface area contributed by atoms with Crippen molar-refractivity contribution in [1.29, 1.82) is 0 Å². The first kappa shape index (κ1) is 12.7. The lowest BCUT2D eigenvalue weighted by atomic mass is 9.97. The van der Waals surface area contributed by atoms with Crippen LogP contribution in [0, 0.1) is 5.92 Å². The third-order valence-electron chi connectivity index (χ3n) is 4.56. The van der Waals surface area contributed by atoms with Crippen LogP contribution in [0.15, 0.2) is 24.3 Å². The second kappa shape index (κ2) is 5.33. The molecule has 0 aromatic heterocycles. The molecule has 3 heteroatoms. The van der Waals surface area contributed by atoms with Crippen molar-refractivity contribution in [2.75, 3.05) is 20.1 Å². The molecule has 2 atom stereocenters. The number of benzene rings is 1. The highest BCUT2D eigenvalue weighted by Crippen LogP contribution is 2.35. The zero-order valence-electron chi connectivity index (χ0n) is 11.6. The van der Waals surface area contributed by atoms with Gasteiger partial charge in [-0.2, -0.15) is 0 Å². The molecule has 1 aromatic rings. The van der Waals surface area contributed by atoms with Crippen molar-refractivity contribution in [3.05, 3.63) is 35.4 Å². The Kier molecular flexibility index (Phi) is 3.56. The lowest BCUT2D eigenvalue weighted by Crippen LogP contribution is -2.42. The monoisotopic (exact) mass is 258 g/mol. The smallest absolute Gasteiger partial charge is 0.227 e. The second-order valence-electron chi connectivity index (χ2n) is 5.75. The van der Waals surface area contributed by atoms with Crippen molar-refractivity contribution in [3.63, 3.8) is 0 Å². The van der Waals surface area contributed by atoms with E-state index < -0.39 is 0 Å². The summed E-state index contributed by atoms with van der Waals surface area (Å²) in [5, 5.41) is 3.33. The fourth-order valence-corrected chi connectivity index (χ4v) is 3.44. The van der Waals surface area contributed by atoms with Gasteiger partial charge in [-0.3, -0.25) is 4.79 Å². The summed E-state index contributed by atoms with van der Waals surface area (Å²) in [4.78, 5) is 14.6. The highest BCUT2D eigenvalue weighted by atomic mass is 16.2. The van der Waals surface area contributed by atoms with Gasteiger partial charge in [0.2, 0.25) is 5.91 Å². The maximum Gasteiger partial charge on any atom is 0.227 e. The number of piperidine rings is 1. The SMILES string of the molecule is CN(C(=O)[C@H]1CCCNC1)C1CCc2ccccc21. The van der Waals surface area contributed by atoms with Gasteiger partial charge >= 0.3 is 0 Å². The lowest BCUT2D eigenvalue weighted by Gasteiger charge is -2.31. The Morgan fingerprint density at radius 3 is 2.95 bits per heavy atom. The van der Waals surface area contributed by atoms with Gasteiger partial charge in [0, 0.05) is 13.6 Å². The number of rotatable bonds is 2. The summed E-state index contributed by atoms with van der Waals surface area (Å²) < 4.78 is 0. The van der Waals surface area contributed by atoms with Gasteiger partial charge in [-0.15, -0.1) is 0 Å². The summed E-state index contributed by atoms with van der Waals surface area (Å²) in [5.41, 5.74) is 2.76. The van der Waals surface area contributed by atoms with Crippen molar-refractivity contribution in [1.82, 2.24) is 10.2 Å². The molecule has 0 saturated carbocycles. The van der Waals surface area contributed by atoms with Crippen LogP contribution >= 0.6 is 0 Å². The number of carbonyl (C=O) groups excluding carboxylic acids is 1. The second-order valence-corrected chi connectivity index (χ2v) is 5.75. The largest absolute Gasteiger partial charge is 0.338 e. The van der Waals surface area contributed by atoms with Crippen LogP contribution < -0.4 is 5.32 Å². The average Bonchev–Trinajstić information content (AvgIpc) is 2.90. The molecule has 1 unspecified atom stereocenters. The molecule has 1 heterocycles. The first-order valence-corrected chi connectivity index (χ1v) is 7.32. The summed E-state index contributed by atoms with van der Waals surface area (Å²) in [6.07, 6.45) is 4.32. The maximum atomic E-state index is 12.6. The molecule has 1 aliphatic heterocycles. The molecule has 1 aromatic carbocycles. The molecular weight excluding hydrogens is 236 g/mol. The van der Waals surface area contributed by atoms with Crippen LogP contribution in [-0.2, 0) is 11.2 Å². The molecule has 2 aliphatic rings. The third-order valence-corrected chi connectivity index (χ3v) is 4.56. The van der Waals surface area contributed by atoms with E-state index in [1.807, 2.05) is 11.9 Å². The van der Waals surface area contributed by atoms with E-state index in [0.717, 1.165) is 38.8 Å². The average molecular weight is 258 g/mol. The zero-order chi connectivity index (χ0) is 13.2. The minimum Gasteiger partial charge on any atom is -0.338 e. The van der Waals surface area contributed by atoms with E-state index in [1.54, 1.807) is 0 Å². The highest BCUT2D eigenvalue weighted by molar-refractivity contribution is 5.79. The zero-order valence-corrected chi connectivity index (χ0v) is 11.6. The number of hydrogen-bond acceptors (Lipinski definition) is 2. The van der Waals surface area contributed by atoms with Gasteiger partial charge in [0.1, 0.15) is 0 Å². The van der Waals surface area contributed by atoms with Crippen LogP contribution in [0.25, 0.3) is 0 Å². The number of hydrogen-bond donors (Lipinski definition) is 1. The molecule has 1 fully saturated rings. The van der Waals surface area contributed by atoms with E-state index in [2.05, 4.69) is 29.6 Å². The Morgan fingerprint density at radius 1 is 1.32 bits per heavy atom. The fourth-order valence-electron chi connectivity index (χ4n) is 3.44. The van der Waals surface area contributed by atoms with Crippen LogP contribution in [0.3, 0.4) is 0 Å². The van der Waals surface area contributed by atoms with E-state index >= 15 is 0 Å². The van der Waals surface area contributed by atoms with Crippen molar-refractivity contribution < 1.29 is 4.79 Å². The quantitative estimate of drug-likeness (QED) is 0.881. The van der Waals surface area contributed by atoms with Crippen LogP contribution in [0.4, 0.5) is 0 Å². The number of amides is 1. The Labute approximate surface area is 115 Å². The molecule has 3 rings (SSSR count). The topological polar surface area (TPSA) is 32.3 Å². The molecule has 102 valence electrons. The minimum absolute atomic E-state index is 0.173. The summed E-state index contributed by atoms with van der Waals surface area (Å²) in [7, 11) is 1.98. The van der Waals surface area contributed by atoms with Crippen LogP contribution in [0.5, 0.6) is 0 Å². The van der Waals surface area contributed by atoms with Gasteiger partial charge in [-0.05, 0) is 43.4 Å². The predicted molar refractivity (Wildman–Crippen MR) is 75.9 cm³/mol. The number of nitrogens with one attached hydrogen (secondary N) is 1. The summed E-state index contributed by atoms with van der Waals surface area (Å²) >= 11 is 0. The Morgan fingerprint density at radius 2 is 2.16 bits per heavy atom. The lowest BCUT2D eigenvalue weighted by molar-refractivity contribution is -0.137. The van der Waals surface area contributed by atoms with Gasteiger partial charge in [0.25, 0.3) is 0 Å². The Balaban J connectivity index is 1.74. The molecule has 0 radical (unpaired) electrons. The summed E-state index contributed by atoms with van der Waals surface area (Å²) in [5.74, 6) is 0.486. The molecule has 1 N–H and O–H groups in total. The molecular formula is C16H22N2O. The van der Waals surface area contributed by atoms with Gasteiger partial charge in [0.05, 0.1) is 12.0 Å². The standard InChI is InChI=1S/C16H22N2O/c1-18(16(19)13-6-4-10-17-11-13)15-9-8-12-5-2-3-7-14(12)15/h2-3,5,7,13,15,17H,4,6,8-11H2,1H3/t13-,15?/m0/s1. The van der Waals surface area contributed by atoms with Crippen molar-refractivity contribution in [3.8, 4) is 0 Å². The van der Waals surface area contributed by atoms with E-state index in [9.17, 15) is 4.79 Å². The van der Waals surface area contributed by atoms with Crippen molar-refractivity contribution in [2.45, 2.75) is 31.7 Å². The molecule has 3 nitrogen and oxygen atoms in total. The van der Waals surface area contributed by atoms with E-state index in [1.165, 1.54) is 11.1 Å². The minimum atomic E-state index is 0.173. The van der Waals surface area contributed by atoms with Crippen LogP contribution in [0.2, 0.25) is 0 Å². The Bertz CT molecular complexity index is 466. The third kappa shape index (κ3) is 2.39. The van der Waals surface area contributed by atoms with Crippen LogP contribution in [0.1, 0.15) is 36.4 Å². The number of carbonyl (C=O) groups is 1. The van der Waals surface area contributed by atoms with Gasteiger partial charge in [-0.25, -0.2) is 0 Å². The van der Waals surface area contributed by atoms with Gasteiger partial charge in [0.15, 0.2) is 0 Å².